The molecule has 0 aliphatic carbocycles. The van der Waals surface area contributed by atoms with Gasteiger partial charge >= 0.3 is 0 Å². The maximum Gasteiger partial charge on any atom is 0.141 e. The summed E-state index contributed by atoms with van der Waals surface area (Å²) >= 11 is 3.29. The van der Waals surface area contributed by atoms with Crippen LogP contribution in [-0.2, 0) is 6.42 Å². The van der Waals surface area contributed by atoms with Gasteiger partial charge in [-0.1, -0.05) is 0 Å². The van der Waals surface area contributed by atoms with E-state index in [1.54, 1.807) is 6.20 Å². The molecule has 0 saturated carbocycles. The van der Waals surface area contributed by atoms with E-state index in [0.29, 0.717) is 19.5 Å². The van der Waals surface area contributed by atoms with Crippen molar-refractivity contribution in [3.63, 3.8) is 0 Å². The zero-order valence-corrected chi connectivity index (χ0v) is 8.64. The van der Waals surface area contributed by atoms with Crippen molar-refractivity contribution in [1.82, 2.24) is 10.3 Å². The van der Waals surface area contributed by atoms with E-state index in [2.05, 4.69) is 26.2 Å². The molecule has 2 nitrogen and oxygen atoms in total. The molecule has 0 atom stereocenters. The van der Waals surface area contributed by atoms with Gasteiger partial charge in [0, 0.05) is 35.9 Å². The first-order chi connectivity index (χ1) is 6.18. The predicted octanol–water partition coefficient (Wildman–Crippen LogP) is 1.70. The van der Waals surface area contributed by atoms with Crippen LogP contribution in [0, 0.1) is 0 Å². The highest BCUT2D eigenvalue weighted by Gasteiger charge is 2.37. The van der Waals surface area contributed by atoms with Crippen molar-refractivity contribution in [2.45, 2.75) is 12.1 Å². The molecule has 0 aromatic carbocycles. The van der Waals surface area contributed by atoms with Crippen LogP contribution in [0.5, 0.6) is 0 Å². The fourth-order valence-electron chi connectivity index (χ4n) is 1.36. The molecule has 1 N–H and O–H groups in total. The Hall–Kier alpha value is -0.480. The normalized spacial score (nSPS) is 19.5. The molecule has 0 spiro atoms. The largest absolute Gasteiger partial charge is 0.310 e. The maximum absolute atomic E-state index is 13.6. The summed E-state index contributed by atoms with van der Waals surface area (Å²) in [5, 5.41) is 2.92. The van der Waals surface area contributed by atoms with Crippen molar-refractivity contribution in [2.75, 3.05) is 13.1 Å². The summed E-state index contributed by atoms with van der Waals surface area (Å²) in [4.78, 5) is 4.13. The highest BCUT2D eigenvalue weighted by molar-refractivity contribution is 9.10. The summed E-state index contributed by atoms with van der Waals surface area (Å²) in [6, 6.07) is 3.74. The van der Waals surface area contributed by atoms with Crippen molar-refractivity contribution in [1.29, 1.82) is 0 Å². The van der Waals surface area contributed by atoms with Crippen molar-refractivity contribution in [3.05, 3.63) is 28.5 Å². The number of hydrogen-bond donors (Lipinski definition) is 1. The van der Waals surface area contributed by atoms with Crippen LogP contribution in [0.2, 0.25) is 0 Å². The Kier molecular flexibility index (Phi) is 2.34. The second-order valence-electron chi connectivity index (χ2n) is 3.40. The third-order valence-electron chi connectivity index (χ3n) is 2.17. The molecule has 1 aliphatic heterocycles. The van der Waals surface area contributed by atoms with E-state index in [-0.39, 0.29) is 0 Å². The molecule has 1 saturated heterocycles. The molecule has 0 unspecified atom stereocenters. The summed E-state index contributed by atoms with van der Waals surface area (Å²) in [5.74, 6) is 0. The van der Waals surface area contributed by atoms with Crippen LogP contribution in [0.3, 0.4) is 0 Å². The average molecular weight is 245 g/mol. The lowest BCUT2D eigenvalue weighted by Gasteiger charge is -2.34. The summed E-state index contributed by atoms with van der Waals surface area (Å²) < 4.78 is 14.5. The second kappa shape index (κ2) is 3.35. The molecule has 0 bridgehead atoms. The number of hydrogen-bond acceptors (Lipinski definition) is 2. The van der Waals surface area contributed by atoms with E-state index in [1.165, 1.54) is 0 Å². The Morgan fingerprint density at radius 2 is 2.31 bits per heavy atom. The van der Waals surface area contributed by atoms with Gasteiger partial charge in [-0.3, -0.25) is 4.98 Å². The minimum atomic E-state index is -1.07. The van der Waals surface area contributed by atoms with Gasteiger partial charge in [-0.25, -0.2) is 4.39 Å². The monoisotopic (exact) mass is 244 g/mol. The van der Waals surface area contributed by atoms with E-state index < -0.39 is 5.67 Å². The Balaban J connectivity index is 2.05. The van der Waals surface area contributed by atoms with Gasteiger partial charge in [0.15, 0.2) is 0 Å². The van der Waals surface area contributed by atoms with E-state index in [1.807, 2.05) is 12.1 Å². The molecule has 2 rings (SSSR count). The number of aromatic nitrogens is 1. The van der Waals surface area contributed by atoms with Crippen LogP contribution in [0.4, 0.5) is 4.39 Å². The van der Waals surface area contributed by atoms with E-state index >= 15 is 0 Å². The Bertz CT molecular complexity index is 295. The zero-order chi connectivity index (χ0) is 9.31. The smallest absolute Gasteiger partial charge is 0.141 e. The van der Waals surface area contributed by atoms with Crippen LogP contribution < -0.4 is 5.32 Å². The molecule has 0 radical (unpaired) electrons. The fraction of sp³-hybridized carbons (Fsp3) is 0.444. The van der Waals surface area contributed by atoms with Crippen LogP contribution >= 0.6 is 15.9 Å². The summed E-state index contributed by atoms with van der Waals surface area (Å²) in [6.45, 7) is 0.898. The highest BCUT2D eigenvalue weighted by atomic mass is 79.9. The van der Waals surface area contributed by atoms with Gasteiger partial charge in [0.05, 0.1) is 0 Å². The molecular weight excluding hydrogens is 235 g/mol. The quantitative estimate of drug-likeness (QED) is 0.857. The summed E-state index contributed by atoms with van der Waals surface area (Å²) in [7, 11) is 0. The molecule has 2 heterocycles. The molecule has 70 valence electrons. The van der Waals surface area contributed by atoms with Crippen molar-refractivity contribution in [2.24, 2.45) is 0 Å². The molecular formula is C9H10BrFN2. The topological polar surface area (TPSA) is 24.9 Å². The van der Waals surface area contributed by atoms with Crippen LogP contribution in [-0.4, -0.2) is 23.7 Å². The Labute approximate surface area is 84.7 Å². The number of nitrogens with one attached hydrogen (secondary N) is 1. The van der Waals surface area contributed by atoms with Crippen molar-refractivity contribution >= 4 is 15.9 Å². The zero-order valence-electron chi connectivity index (χ0n) is 7.06. The van der Waals surface area contributed by atoms with E-state index in [0.717, 1.165) is 10.2 Å². The third kappa shape index (κ3) is 2.06. The van der Waals surface area contributed by atoms with Crippen LogP contribution in [0.15, 0.2) is 22.8 Å². The van der Waals surface area contributed by atoms with Gasteiger partial charge in [0.1, 0.15) is 5.67 Å². The molecule has 1 aromatic heterocycles. The molecule has 0 amide bonds. The standard InChI is InChI=1S/C9H10BrFN2/c10-7-1-2-8(13-4-7)3-9(11)5-12-6-9/h1-2,4,12H,3,5-6H2. The molecule has 4 heteroatoms. The summed E-state index contributed by atoms with van der Waals surface area (Å²) in [5.41, 5.74) is -0.256. The lowest BCUT2D eigenvalue weighted by molar-refractivity contribution is 0.0900. The van der Waals surface area contributed by atoms with E-state index in [9.17, 15) is 4.39 Å². The van der Waals surface area contributed by atoms with Gasteiger partial charge in [0.25, 0.3) is 0 Å². The van der Waals surface area contributed by atoms with Crippen LogP contribution in [0.25, 0.3) is 0 Å². The van der Waals surface area contributed by atoms with Crippen LogP contribution in [0.1, 0.15) is 5.69 Å². The number of halogens is 2. The van der Waals surface area contributed by atoms with Crippen molar-refractivity contribution in [3.8, 4) is 0 Å². The Morgan fingerprint density at radius 3 is 2.77 bits per heavy atom. The van der Waals surface area contributed by atoms with Gasteiger partial charge in [-0.05, 0) is 28.1 Å². The third-order valence-corrected chi connectivity index (χ3v) is 2.64. The molecule has 1 fully saturated rings. The SMILES string of the molecule is FC1(Cc2ccc(Br)cn2)CNC1. The number of nitrogens with zero attached hydrogens (tertiary/aromatic N) is 1. The maximum atomic E-state index is 13.6. The Morgan fingerprint density at radius 1 is 1.54 bits per heavy atom. The van der Waals surface area contributed by atoms with Gasteiger partial charge in [0.2, 0.25) is 0 Å². The minimum absolute atomic E-state index is 0.410. The van der Waals surface area contributed by atoms with Gasteiger partial charge in [-0.15, -0.1) is 0 Å². The minimum Gasteiger partial charge on any atom is -0.310 e. The molecule has 1 aromatic rings. The summed E-state index contributed by atoms with van der Waals surface area (Å²) in [6.07, 6.45) is 2.11. The number of rotatable bonds is 2. The first-order valence-electron chi connectivity index (χ1n) is 4.18. The predicted molar refractivity (Wildman–Crippen MR) is 52.3 cm³/mol. The first kappa shape index (κ1) is 9.09. The number of alkyl halides is 1. The number of pyridine rings is 1. The van der Waals surface area contributed by atoms with Gasteiger partial charge < -0.3 is 5.32 Å². The highest BCUT2D eigenvalue weighted by Crippen LogP contribution is 2.21. The lowest BCUT2D eigenvalue weighted by Crippen LogP contribution is -2.57. The second-order valence-corrected chi connectivity index (χ2v) is 4.31. The first-order valence-corrected chi connectivity index (χ1v) is 4.97. The molecule has 13 heavy (non-hydrogen) atoms. The van der Waals surface area contributed by atoms with E-state index in [4.69, 9.17) is 0 Å². The molecule has 1 aliphatic rings. The van der Waals surface area contributed by atoms with Crippen molar-refractivity contribution < 1.29 is 4.39 Å². The fourth-order valence-corrected chi connectivity index (χ4v) is 1.59. The van der Waals surface area contributed by atoms with Gasteiger partial charge in [-0.2, -0.15) is 0 Å². The average Bonchev–Trinajstić information content (AvgIpc) is 2.06. The lowest BCUT2D eigenvalue weighted by atomic mass is 9.93.